The number of hydrogen-bond donors (Lipinski definition) is 2. The number of thiazole rings is 1. The van der Waals surface area contributed by atoms with Crippen LogP contribution in [0.5, 0.6) is 0 Å². The number of benzene rings is 2. The molecule has 4 aromatic rings. The van der Waals surface area contributed by atoms with E-state index in [-0.39, 0.29) is 22.9 Å². The fraction of sp³-hybridized carbons (Fsp3) is 0.535. The lowest BCUT2D eigenvalue weighted by Crippen LogP contribution is -2.32. The van der Waals surface area contributed by atoms with Crippen LogP contribution in [0.25, 0.3) is 11.1 Å². The Morgan fingerprint density at radius 3 is 2.58 bits per heavy atom. The molecule has 272 valence electrons. The van der Waals surface area contributed by atoms with Crippen molar-refractivity contribution in [2.45, 2.75) is 108 Å². The lowest BCUT2D eigenvalue weighted by Gasteiger charge is -2.39. The number of rotatable bonds is 11. The number of fused-ring (bicyclic) bond motifs is 3. The maximum absolute atomic E-state index is 15.7. The second-order valence-corrected chi connectivity index (χ2v) is 17.6. The van der Waals surface area contributed by atoms with E-state index in [2.05, 4.69) is 44.1 Å². The van der Waals surface area contributed by atoms with E-state index < -0.39 is 11.8 Å². The van der Waals surface area contributed by atoms with Gasteiger partial charge in [-0.2, -0.15) is 0 Å². The summed E-state index contributed by atoms with van der Waals surface area (Å²) < 4.78 is 17.8. The second kappa shape index (κ2) is 13.9. The van der Waals surface area contributed by atoms with Crippen LogP contribution in [-0.2, 0) is 29.6 Å². The SMILES string of the molecule is O=C(Nc1nccs1)C(C[C@@H]1CCc2c(F)cc(-c3ccc(C45CC(C4)[C@H](CCC4CCC(CO)CC4)C5)cc3)cc2C1=O)c1ncn2c1CCC2. The van der Waals surface area contributed by atoms with Crippen LogP contribution >= 0.6 is 11.3 Å². The molecule has 3 heterocycles. The first-order chi connectivity index (χ1) is 25.4. The second-order valence-electron chi connectivity index (χ2n) is 16.7. The molecule has 5 aliphatic carbocycles. The number of carbonyl (C=O) groups is 2. The van der Waals surface area contributed by atoms with Crippen LogP contribution in [0.2, 0.25) is 0 Å². The highest BCUT2D eigenvalue weighted by Gasteiger charge is 2.56. The first kappa shape index (κ1) is 34.1. The molecule has 0 spiro atoms. The van der Waals surface area contributed by atoms with Gasteiger partial charge in [0.15, 0.2) is 10.9 Å². The van der Waals surface area contributed by atoms with E-state index in [1.54, 1.807) is 12.3 Å². The molecular formula is C43H49FN4O3S. The molecule has 2 N–H and O–H groups in total. The van der Waals surface area contributed by atoms with Crippen molar-refractivity contribution in [1.82, 2.24) is 14.5 Å². The minimum absolute atomic E-state index is 0.0839. The van der Waals surface area contributed by atoms with E-state index in [1.165, 1.54) is 74.7 Å². The van der Waals surface area contributed by atoms with Crippen LogP contribution < -0.4 is 5.32 Å². The van der Waals surface area contributed by atoms with Crippen molar-refractivity contribution in [2.24, 2.45) is 29.6 Å². The Kier molecular flexibility index (Phi) is 9.14. The summed E-state index contributed by atoms with van der Waals surface area (Å²) in [5.74, 6) is 1.41. The third-order valence-corrected chi connectivity index (χ3v) is 14.5. The molecule has 9 heteroatoms. The molecule has 1 amide bonds. The summed E-state index contributed by atoms with van der Waals surface area (Å²) in [6.07, 6.45) is 18.1. The van der Waals surface area contributed by atoms with Gasteiger partial charge in [0.25, 0.3) is 0 Å². The fourth-order valence-electron chi connectivity index (χ4n) is 10.8. The van der Waals surface area contributed by atoms with Crippen LogP contribution in [0.1, 0.15) is 116 Å². The van der Waals surface area contributed by atoms with Gasteiger partial charge in [-0.25, -0.2) is 14.4 Å². The molecule has 2 bridgehead atoms. The van der Waals surface area contributed by atoms with Crippen molar-refractivity contribution < 1.29 is 19.1 Å². The minimum Gasteiger partial charge on any atom is -0.396 e. The number of aliphatic hydroxyl groups is 1. The highest BCUT2D eigenvalue weighted by Crippen LogP contribution is 2.64. The van der Waals surface area contributed by atoms with Gasteiger partial charge in [0.1, 0.15) is 5.82 Å². The maximum Gasteiger partial charge on any atom is 0.235 e. The first-order valence-corrected chi connectivity index (χ1v) is 20.6. The molecule has 1 aliphatic heterocycles. The van der Waals surface area contributed by atoms with E-state index in [1.807, 2.05) is 17.8 Å². The summed E-state index contributed by atoms with van der Waals surface area (Å²) in [5.41, 5.74) is 6.10. The Morgan fingerprint density at radius 2 is 1.81 bits per heavy atom. The normalized spacial score (nSPS) is 28.3. The minimum atomic E-state index is -0.595. The predicted molar refractivity (Wildman–Crippen MR) is 201 cm³/mol. The number of anilines is 1. The van der Waals surface area contributed by atoms with Gasteiger partial charge in [-0.15, -0.1) is 11.3 Å². The largest absolute Gasteiger partial charge is 0.396 e. The number of aliphatic hydroxyl groups excluding tert-OH is 1. The molecular weight excluding hydrogens is 672 g/mol. The summed E-state index contributed by atoms with van der Waals surface area (Å²) in [4.78, 5) is 36.8. The summed E-state index contributed by atoms with van der Waals surface area (Å²) >= 11 is 1.36. The van der Waals surface area contributed by atoms with E-state index in [0.29, 0.717) is 48.0 Å². The third-order valence-electron chi connectivity index (χ3n) is 13.8. The van der Waals surface area contributed by atoms with Gasteiger partial charge in [0.05, 0.1) is 17.9 Å². The Morgan fingerprint density at radius 1 is 1.00 bits per heavy atom. The number of Topliss-reactive ketones (excluding diaryl/α,β-unsaturated/α-hetero) is 1. The predicted octanol–water partition coefficient (Wildman–Crippen LogP) is 8.90. The van der Waals surface area contributed by atoms with Crippen molar-refractivity contribution >= 4 is 28.2 Å². The molecule has 4 fully saturated rings. The molecule has 0 radical (unpaired) electrons. The highest BCUT2D eigenvalue weighted by molar-refractivity contribution is 7.13. The van der Waals surface area contributed by atoms with Crippen molar-refractivity contribution in [2.75, 3.05) is 11.9 Å². The Hall–Kier alpha value is -3.69. The lowest BCUT2D eigenvalue weighted by atomic mass is 9.65. The fourth-order valence-corrected chi connectivity index (χ4v) is 11.4. The van der Waals surface area contributed by atoms with E-state index in [9.17, 15) is 14.7 Å². The van der Waals surface area contributed by atoms with Crippen molar-refractivity contribution in [1.29, 1.82) is 0 Å². The van der Waals surface area contributed by atoms with E-state index in [0.717, 1.165) is 59.7 Å². The number of nitrogens with one attached hydrogen (secondary N) is 1. The van der Waals surface area contributed by atoms with Crippen molar-refractivity contribution in [3.8, 4) is 11.1 Å². The lowest BCUT2D eigenvalue weighted by molar-refractivity contribution is -0.118. The number of amides is 1. The van der Waals surface area contributed by atoms with Crippen LogP contribution in [0.4, 0.5) is 9.52 Å². The third kappa shape index (κ3) is 6.25. The Labute approximate surface area is 309 Å². The molecule has 2 aromatic heterocycles. The van der Waals surface area contributed by atoms with Crippen LogP contribution in [0, 0.1) is 35.4 Å². The summed E-state index contributed by atoms with van der Waals surface area (Å²) in [6.45, 7) is 1.24. The number of halogens is 1. The molecule has 3 atom stereocenters. The van der Waals surface area contributed by atoms with Gasteiger partial charge in [-0.05, 0) is 134 Å². The van der Waals surface area contributed by atoms with Crippen molar-refractivity contribution in [3.63, 3.8) is 0 Å². The van der Waals surface area contributed by atoms with Crippen LogP contribution in [0.15, 0.2) is 54.3 Å². The van der Waals surface area contributed by atoms with E-state index in [4.69, 9.17) is 0 Å². The molecule has 0 saturated heterocycles. The quantitative estimate of drug-likeness (QED) is 0.161. The maximum atomic E-state index is 15.7. The average molecular weight is 721 g/mol. The summed E-state index contributed by atoms with van der Waals surface area (Å²) in [6, 6.07) is 12.2. The van der Waals surface area contributed by atoms with Gasteiger partial charge < -0.3 is 15.0 Å². The zero-order chi connectivity index (χ0) is 35.4. The molecule has 10 rings (SSSR count). The molecule has 6 aliphatic rings. The first-order valence-electron chi connectivity index (χ1n) is 19.7. The molecule has 52 heavy (non-hydrogen) atoms. The van der Waals surface area contributed by atoms with Crippen molar-refractivity contribution in [3.05, 3.63) is 88.2 Å². The number of ketones is 1. The molecule has 2 aromatic carbocycles. The van der Waals surface area contributed by atoms with Gasteiger partial charge in [0, 0.05) is 41.9 Å². The molecule has 1 unspecified atom stereocenters. The Bertz CT molecular complexity index is 1940. The van der Waals surface area contributed by atoms with Gasteiger partial charge in [-0.3, -0.25) is 9.59 Å². The van der Waals surface area contributed by atoms with E-state index >= 15 is 4.39 Å². The van der Waals surface area contributed by atoms with Gasteiger partial charge in [-0.1, -0.05) is 43.5 Å². The Balaban J connectivity index is 0.892. The summed E-state index contributed by atoms with van der Waals surface area (Å²) in [7, 11) is 0. The zero-order valence-electron chi connectivity index (χ0n) is 29.9. The highest BCUT2D eigenvalue weighted by atomic mass is 32.1. The average Bonchev–Trinajstić information content (AvgIpc) is 3.99. The molecule has 4 saturated carbocycles. The number of aryl methyl sites for hydroxylation is 1. The van der Waals surface area contributed by atoms with Crippen LogP contribution in [-0.4, -0.2) is 37.9 Å². The zero-order valence-corrected chi connectivity index (χ0v) is 30.7. The monoisotopic (exact) mass is 720 g/mol. The smallest absolute Gasteiger partial charge is 0.235 e. The topological polar surface area (TPSA) is 97.1 Å². The van der Waals surface area contributed by atoms with Crippen LogP contribution in [0.3, 0.4) is 0 Å². The number of imidazole rings is 1. The van der Waals surface area contributed by atoms with Gasteiger partial charge in [0.2, 0.25) is 5.91 Å². The number of aromatic nitrogens is 3. The van der Waals surface area contributed by atoms with Gasteiger partial charge >= 0.3 is 0 Å². The number of hydrogen-bond acceptors (Lipinski definition) is 6. The number of nitrogens with zero attached hydrogens (tertiary/aromatic N) is 3. The standard InChI is InChI=1S/C43H49FN4O3S/c44-37-20-31(28-9-12-33(13-10-28)43-21-30(32(22-43)23-43)8-7-26-3-5-27(24-49)6-4-26)19-35-34(37)14-11-29(40(35)50)18-36(41(51)47-42-45-15-17-52-42)39-38-2-1-16-48(38)25-46-39/h9-10,12-13,15,17,19-20,25-27,29-30,32,36,49H,1-8,11,14,16,18,21-24H2,(H,45,47,51)/t26?,27?,29-,30+,32?,36?,43?/m0/s1. The molecule has 7 nitrogen and oxygen atoms in total. The number of carbonyl (C=O) groups excluding carboxylic acids is 2. The summed E-state index contributed by atoms with van der Waals surface area (Å²) in [5, 5.41) is 14.8.